The second kappa shape index (κ2) is 12.3. The maximum atomic E-state index is 12.8. The van der Waals surface area contributed by atoms with Crippen LogP contribution in [0.5, 0.6) is 0 Å². The second-order valence-corrected chi connectivity index (χ2v) is 10.5. The summed E-state index contributed by atoms with van der Waals surface area (Å²) in [6.45, 7) is 0. The van der Waals surface area contributed by atoms with E-state index in [2.05, 4.69) is 22.8 Å². The number of carbonyl (C=O) groups is 2. The summed E-state index contributed by atoms with van der Waals surface area (Å²) in [6, 6.07) is 42.1. The molecule has 0 unspecified atom stereocenters. The number of anilines is 2. The Kier molecular flexibility index (Phi) is 8.23. The molecule has 5 aromatic rings. The molecule has 0 saturated carbocycles. The first kappa shape index (κ1) is 25.4. The molecule has 38 heavy (non-hydrogen) atoms. The standard InChI is InChI=1S/C32H24N2O2S2/c35-31(23-13-3-1-4-14-23)33-25-17-7-9-19-27(25)37-29-21-11-12-22-30(29)38-28-20-10-8-18-26(28)34-32(36)24-15-5-2-6-16-24/h1-22H,(H,33,35)(H,34,36). The van der Waals surface area contributed by atoms with Crippen LogP contribution in [0.15, 0.2) is 153 Å². The predicted octanol–water partition coefficient (Wildman–Crippen LogP) is 8.49. The Morgan fingerprint density at radius 3 is 1.11 bits per heavy atom. The number of nitrogens with one attached hydrogen (secondary N) is 2. The van der Waals surface area contributed by atoms with Crippen molar-refractivity contribution in [2.45, 2.75) is 19.6 Å². The zero-order valence-corrected chi connectivity index (χ0v) is 22.0. The predicted molar refractivity (Wildman–Crippen MR) is 156 cm³/mol. The average Bonchev–Trinajstić information content (AvgIpc) is 2.97. The van der Waals surface area contributed by atoms with E-state index in [1.165, 1.54) is 0 Å². The van der Waals surface area contributed by atoms with E-state index in [9.17, 15) is 9.59 Å². The molecule has 0 atom stereocenters. The summed E-state index contributed by atoms with van der Waals surface area (Å²) in [5.74, 6) is -0.297. The molecule has 0 spiro atoms. The second-order valence-electron chi connectivity index (χ2n) is 8.28. The molecule has 0 aliphatic rings. The average molecular weight is 533 g/mol. The Morgan fingerprint density at radius 1 is 0.395 bits per heavy atom. The van der Waals surface area contributed by atoms with Gasteiger partial charge in [0, 0.05) is 30.7 Å². The Morgan fingerprint density at radius 2 is 0.711 bits per heavy atom. The van der Waals surface area contributed by atoms with Crippen LogP contribution in [0, 0.1) is 0 Å². The number of rotatable bonds is 8. The van der Waals surface area contributed by atoms with Crippen molar-refractivity contribution in [3.05, 3.63) is 145 Å². The molecule has 0 aromatic heterocycles. The maximum absolute atomic E-state index is 12.8. The topological polar surface area (TPSA) is 58.2 Å². The first-order chi connectivity index (χ1) is 18.7. The van der Waals surface area contributed by atoms with Crippen molar-refractivity contribution in [2.75, 3.05) is 10.6 Å². The molecule has 186 valence electrons. The number of para-hydroxylation sites is 2. The minimum Gasteiger partial charge on any atom is -0.321 e. The van der Waals surface area contributed by atoms with E-state index in [1.807, 2.05) is 97.1 Å². The van der Waals surface area contributed by atoms with E-state index in [1.54, 1.807) is 47.8 Å². The van der Waals surface area contributed by atoms with Gasteiger partial charge in [0.05, 0.1) is 11.4 Å². The van der Waals surface area contributed by atoms with Crippen LogP contribution in [0.2, 0.25) is 0 Å². The first-order valence-electron chi connectivity index (χ1n) is 12.0. The number of hydrogen-bond acceptors (Lipinski definition) is 4. The van der Waals surface area contributed by atoms with E-state index in [0.717, 1.165) is 31.0 Å². The molecule has 6 heteroatoms. The van der Waals surface area contributed by atoms with Gasteiger partial charge in [0.1, 0.15) is 0 Å². The molecule has 0 fully saturated rings. The number of carbonyl (C=O) groups excluding carboxylic acids is 2. The van der Waals surface area contributed by atoms with Gasteiger partial charge in [-0.1, -0.05) is 96.3 Å². The number of amides is 2. The summed E-state index contributed by atoms with van der Waals surface area (Å²) in [5.41, 5.74) is 2.72. The quantitative estimate of drug-likeness (QED) is 0.210. The fourth-order valence-corrected chi connectivity index (χ4v) is 5.85. The van der Waals surface area contributed by atoms with Crippen molar-refractivity contribution in [3.63, 3.8) is 0 Å². The van der Waals surface area contributed by atoms with Crippen LogP contribution in [0.25, 0.3) is 0 Å². The summed E-state index contributed by atoms with van der Waals surface area (Å²) >= 11 is 3.18. The first-order valence-corrected chi connectivity index (χ1v) is 13.7. The fourth-order valence-electron chi connectivity index (χ4n) is 3.74. The molecule has 2 amide bonds. The molecule has 0 bridgehead atoms. The third kappa shape index (κ3) is 6.35. The van der Waals surface area contributed by atoms with Crippen LogP contribution in [-0.2, 0) is 0 Å². The molecule has 0 aliphatic heterocycles. The molecular weight excluding hydrogens is 508 g/mol. The molecule has 5 rings (SSSR count). The molecule has 0 aliphatic carbocycles. The van der Waals surface area contributed by atoms with Gasteiger partial charge in [0.2, 0.25) is 0 Å². The molecule has 4 nitrogen and oxygen atoms in total. The summed E-state index contributed by atoms with van der Waals surface area (Å²) < 4.78 is 0. The highest BCUT2D eigenvalue weighted by Gasteiger charge is 2.14. The third-order valence-electron chi connectivity index (χ3n) is 5.63. The highest BCUT2D eigenvalue weighted by Crippen LogP contribution is 2.42. The Hall–Kier alpha value is -4.26. The molecule has 5 aromatic carbocycles. The monoisotopic (exact) mass is 532 g/mol. The molecule has 0 heterocycles. The van der Waals surface area contributed by atoms with Crippen molar-refractivity contribution in [1.82, 2.24) is 0 Å². The minimum atomic E-state index is -0.149. The van der Waals surface area contributed by atoms with E-state index in [4.69, 9.17) is 0 Å². The van der Waals surface area contributed by atoms with Crippen molar-refractivity contribution in [3.8, 4) is 0 Å². The van der Waals surface area contributed by atoms with E-state index < -0.39 is 0 Å². The van der Waals surface area contributed by atoms with E-state index in [0.29, 0.717) is 11.1 Å². The van der Waals surface area contributed by atoms with Crippen LogP contribution in [0.1, 0.15) is 20.7 Å². The normalized spacial score (nSPS) is 10.5. The molecule has 0 saturated heterocycles. The Bertz CT molecular complexity index is 1440. The summed E-state index contributed by atoms with van der Waals surface area (Å²) in [5, 5.41) is 6.10. The SMILES string of the molecule is O=C(Nc1ccccc1Sc1ccccc1Sc1ccccc1NC(=O)c1ccccc1)c1ccccc1. The summed E-state index contributed by atoms with van der Waals surface area (Å²) in [4.78, 5) is 29.6. The Labute approximate surface area is 230 Å². The van der Waals surface area contributed by atoms with Crippen LogP contribution in [-0.4, -0.2) is 11.8 Å². The van der Waals surface area contributed by atoms with Gasteiger partial charge in [-0.25, -0.2) is 0 Å². The van der Waals surface area contributed by atoms with Gasteiger partial charge >= 0.3 is 0 Å². The maximum Gasteiger partial charge on any atom is 0.255 e. The zero-order chi connectivity index (χ0) is 26.2. The highest BCUT2D eigenvalue weighted by atomic mass is 32.2. The highest BCUT2D eigenvalue weighted by molar-refractivity contribution is 8.02. The minimum absolute atomic E-state index is 0.149. The van der Waals surface area contributed by atoms with Crippen LogP contribution in [0.4, 0.5) is 11.4 Å². The van der Waals surface area contributed by atoms with E-state index in [-0.39, 0.29) is 11.8 Å². The third-order valence-corrected chi connectivity index (χ3v) is 8.06. The van der Waals surface area contributed by atoms with Gasteiger partial charge < -0.3 is 10.6 Å². The smallest absolute Gasteiger partial charge is 0.255 e. The number of benzene rings is 5. The van der Waals surface area contributed by atoms with Gasteiger partial charge in [-0.3, -0.25) is 9.59 Å². The van der Waals surface area contributed by atoms with Crippen LogP contribution >= 0.6 is 23.5 Å². The van der Waals surface area contributed by atoms with Crippen molar-refractivity contribution < 1.29 is 9.59 Å². The van der Waals surface area contributed by atoms with E-state index >= 15 is 0 Å². The van der Waals surface area contributed by atoms with Gasteiger partial charge in [0.15, 0.2) is 0 Å². The van der Waals surface area contributed by atoms with Gasteiger partial charge in [-0.2, -0.15) is 0 Å². The van der Waals surface area contributed by atoms with Crippen molar-refractivity contribution >= 4 is 46.7 Å². The van der Waals surface area contributed by atoms with Gasteiger partial charge in [-0.05, 0) is 60.7 Å². The lowest BCUT2D eigenvalue weighted by atomic mass is 10.2. The molecule has 2 N–H and O–H groups in total. The molecular formula is C32H24N2O2S2. The number of hydrogen-bond donors (Lipinski definition) is 2. The Balaban J connectivity index is 1.37. The lowest BCUT2D eigenvalue weighted by Gasteiger charge is -2.15. The van der Waals surface area contributed by atoms with Gasteiger partial charge in [0.25, 0.3) is 11.8 Å². The van der Waals surface area contributed by atoms with Crippen molar-refractivity contribution in [1.29, 1.82) is 0 Å². The lowest BCUT2D eigenvalue weighted by molar-refractivity contribution is 0.101. The fraction of sp³-hybridized carbons (Fsp3) is 0. The van der Waals surface area contributed by atoms with Crippen LogP contribution in [0.3, 0.4) is 0 Å². The summed E-state index contributed by atoms with van der Waals surface area (Å²) in [7, 11) is 0. The van der Waals surface area contributed by atoms with Crippen LogP contribution < -0.4 is 10.6 Å². The molecule has 0 radical (unpaired) electrons. The largest absolute Gasteiger partial charge is 0.321 e. The van der Waals surface area contributed by atoms with Crippen molar-refractivity contribution in [2.24, 2.45) is 0 Å². The zero-order valence-electron chi connectivity index (χ0n) is 20.3. The van der Waals surface area contributed by atoms with Gasteiger partial charge in [-0.15, -0.1) is 0 Å². The summed E-state index contributed by atoms with van der Waals surface area (Å²) in [6.07, 6.45) is 0. The lowest BCUT2D eigenvalue weighted by Crippen LogP contribution is -2.12.